The maximum atomic E-state index is 12.6. The molecule has 0 aliphatic heterocycles. The van der Waals surface area contributed by atoms with E-state index in [-0.39, 0.29) is 21.5 Å². The number of nitrogens with two attached hydrogens (primary N) is 3. The molecule has 0 radical (unpaired) electrons. The van der Waals surface area contributed by atoms with E-state index in [4.69, 9.17) is 17.2 Å². The van der Waals surface area contributed by atoms with Gasteiger partial charge in [0.2, 0.25) is 27.7 Å². The first-order valence-electron chi connectivity index (χ1n) is 34.6. The zero-order valence-electron chi connectivity index (χ0n) is 59.5. The Balaban J connectivity index is 0.000000131. The number of sulfonamides is 3. The molecule has 0 spiro atoms. The van der Waals surface area contributed by atoms with Gasteiger partial charge < -0.3 is 22.5 Å². The van der Waals surface area contributed by atoms with E-state index in [1.54, 1.807) is 170 Å². The van der Waals surface area contributed by atoms with E-state index in [2.05, 4.69) is 75.5 Å². The number of nitrogens with zero attached hydrogens (tertiary/aromatic N) is 6. The maximum absolute atomic E-state index is 12.6. The third-order valence-electron chi connectivity index (χ3n) is 17.5. The van der Waals surface area contributed by atoms with Crippen LogP contribution >= 0.6 is 0 Å². The van der Waals surface area contributed by atoms with Crippen molar-refractivity contribution in [2.24, 2.45) is 17.2 Å². The summed E-state index contributed by atoms with van der Waals surface area (Å²) in [5.41, 5.74) is 30.0. The second kappa shape index (κ2) is 33.4. The predicted octanol–water partition coefficient (Wildman–Crippen LogP) is 13.1. The highest BCUT2D eigenvalue weighted by Crippen LogP contribution is 2.35. The van der Waals surface area contributed by atoms with Crippen LogP contribution in [0.5, 0.6) is 0 Å². The third-order valence-corrected chi connectivity index (χ3v) is 21.7. The van der Waals surface area contributed by atoms with E-state index >= 15 is 0 Å². The van der Waals surface area contributed by atoms with Crippen molar-refractivity contribution < 1.29 is 44.4 Å². The minimum Gasteiger partial charge on any atom is -0.366 e. The highest BCUT2D eigenvalue weighted by Gasteiger charge is 2.21. The number of amides is 4. The predicted molar refractivity (Wildman–Crippen MR) is 431 cm³/mol. The van der Waals surface area contributed by atoms with Gasteiger partial charge in [0.25, 0.3) is 26.0 Å². The number of unbranched alkanes of at least 4 members (excludes halogenated alkanes) is 1. The molecule has 11 aromatic carbocycles. The van der Waals surface area contributed by atoms with Gasteiger partial charge in [-0.1, -0.05) is 123 Å². The quantitative estimate of drug-likeness (QED) is 0.0300. The normalized spacial score (nSPS) is 11.3. The van der Waals surface area contributed by atoms with E-state index in [0.717, 1.165) is 83.5 Å². The summed E-state index contributed by atoms with van der Waals surface area (Å²) in [7, 11) is -10.8. The number of carbonyl (C=O) groups excluding carboxylic acids is 4. The zero-order valence-corrected chi connectivity index (χ0v) is 61.9. The summed E-state index contributed by atoms with van der Waals surface area (Å²) >= 11 is 0. The molecule has 0 unspecified atom stereocenters. The van der Waals surface area contributed by atoms with Gasteiger partial charge in [-0.3, -0.25) is 58.8 Å². The topological polar surface area (TPSA) is 453 Å². The molecule has 0 aliphatic carbocycles. The summed E-state index contributed by atoms with van der Waals surface area (Å²) in [6.45, 7) is 2.34. The van der Waals surface area contributed by atoms with Crippen LogP contribution in [0.1, 0.15) is 66.8 Å². The molecule has 5 aromatic heterocycles. The van der Waals surface area contributed by atoms with Crippen molar-refractivity contribution >= 4 is 114 Å². The first-order valence-corrected chi connectivity index (χ1v) is 39.2. The van der Waals surface area contributed by atoms with E-state index in [9.17, 15) is 44.4 Å². The van der Waals surface area contributed by atoms with Gasteiger partial charge in [0, 0.05) is 95.2 Å². The molecule has 0 bridgehead atoms. The van der Waals surface area contributed by atoms with E-state index in [1.807, 2.05) is 85.8 Å². The van der Waals surface area contributed by atoms with Crippen molar-refractivity contribution in [2.75, 3.05) is 19.9 Å². The van der Waals surface area contributed by atoms with E-state index < -0.39 is 47.8 Å². The number of rotatable bonds is 22. The van der Waals surface area contributed by atoms with Crippen molar-refractivity contribution in [3.63, 3.8) is 0 Å². The Morgan fingerprint density at radius 1 is 0.375 bits per heavy atom. The number of benzene rings is 11. The second-order valence-corrected chi connectivity index (χ2v) is 30.6. The average Bonchev–Trinajstić information content (AvgIpc) is 1.65. The monoisotopic (exact) mass is 1550 g/mol. The number of carbonyl (C=O) groups is 4. The first-order chi connectivity index (χ1) is 54.0. The van der Waals surface area contributed by atoms with Gasteiger partial charge in [0.15, 0.2) is 5.82 Å². The number of H-pyrrole nitrogens is 5. The fraction of sp³-hybridized carbons (Fsp3) is 0.0617. The Hall–Kier alpha value is -14.4. The van der Waals surface area contributed by atoms with Gasteiger partial charge in [0.05, 0.1) is 60.4 Å². The molecule has 28 nitrogen and oxygen atoms in total. The summed E-state index contributed by atoms with van der Waals surface area (Å²) in [6.07, 6.45) is 2.87. The van der Waals surface area contributed by atoms with Gasteiger partial charge in [-0.15, -0.1) is 0 Å². The SMILES string of the molecule is CCCCS(=O)(=O)Nc1cccc(-c2n[nH]c3ccc(C(N)=O)cc23)c1.NC(=O)c1ccc2[nH]nc(-c3cccc(CNC(=O)c4ccccc4)c3)c2c1.NC(=O)c1ccc2[nH]nc(-c3cccc(NS(=O)(=O)c4ccccc4)c3)c2c1.O=S(=O)(Nc1cccc(-c2n[nH]c3ccc(-c4ncn[nH]4)cc23)c1)c1ccccc1. The summed E-state index contributed by atoms with van der Waals surface area (Å²) < 4.78 is 82.4. The number of anilines is 3. The maximum Gasteiger partial charge on any atom is 0.261 e. The molecule has 5 heterocycles. The molecule has 0 saturated carbocycles. The summed E-state index contributed by atoms with van der Waals surface area (Å²) in [5, 5.41) is 42.1. The van der Waals surface area contributed by atoms with Crippen molar-refractivity contribution in [3.8, 4) is 56.4 Å². The molecule has 0 aliphatic rings. The molecular formula is C81H70N18O10S3. The zero-order chi connectivity index (χ0) is 78.5. The van der Waals surface area contributed by atoms with Crippen LogP contribution in [0.15, 0.2) is 277 Å². The third kappa shape index (κ3) is 18.1. The highest BCUT2D eigenvalue weighted by molar-refractivity contribution is 7.93. The number of hydrogen-bond acceptors (Lipinski definition) is 16. The first kappa shape index (κ1) is 75.8. The standard InChI is InChI=1S/C22H18N4O2.C21H16N6O2S.C20H16N4O3S.C18H20N4O3S/c23-21(27)17-9-10-19-18(12-17)20(26-25-19)16-8-4-5-14(11-16)13-24-22(28)15-6-2-1-3-7-15;28-30(29,17-7-2-1-3-8-17)27-16-6-4-5-14(11-16)20-18-12-15(21-22-13-23-26-21)9-10-19(18)24-25-20;21-20(25)14-9-10-18-17(12-14)19(23-22-18)13-5-4-6-15(11-13)24-28(26,27)16-7-2-1-3-8-16;1-2-3-9-26(24,25)22-14-6-4-5-12(10-14)17-15-11-13(18(19)23)7-8-16(15)20-21-17/h1-12H,13H2,(H2,23,27)(H,24,28)(H,25,26);1-13,27H,(H,24,25)(H,22,23,26);1-12,24H,(H2,21,25)(H,22,23);4-8,10-11,22H,2-3,9H2,1H3,(H2,19,23)(H,20,21). The van der Waals surface area contributed by atoms with Crippen molar-refractivity contribution in [1.29, 1.82) is 0 Å². The lowest BCUT2D eigenvalue weighted by Crippen LogP contribution is -2.22. The van der Waals surface area contributed by atoms with Gasteiger partial charge in [-0.25, -0.2) is 30.2 Å². The molecule has 16 aromatic rings. The van der Waals surface area contributed by atoms with Crippen LogP contribution in [0.3, 0.4) is 0 Å². The van der Waals surface area contributed by atoms with Gasteiger partial charge in [0.1, 0.15) is 6.33 Å². The lowest BCUT2D eigenvalue weighted by atomic mass is 10.0. The Labute approximate surface area is 640 Å². The van der Waals surface area contributed by atoms with Gasteiger partial charge in [-0.05, 0) is 164 Å². The van der Waals surface area contributed by atoms with Crippen molar-refractivity contribution in [1.82, 2.24) is 61.3 Å². The molecule has 15 N–H and O–H groups in total. The highest BCUT2D eigenvalue weighted by atomic mass is 32.2. The smallest absolute Gasteiger partial charge is 0.261 e. The molecule has 31 heteroatoms. The molecule has 4 amide bonds. The van der Waals surface area contributed by atoms with Gasteiger partial charge >= 0.3 is 0 Å². The second-order valence-electron chi connectivity index (χ2n) is 25.4. The Morgan fingerprint density at radius 3 is 1.16 bits per heavy atom. The van der Waals surface area contributed by atoms with Gasteiger partial charge in [-0.2, -0.15) is 25.5 Å². The summed E-state index contributed by atoms with van der Waals surface area (Å²) in [4.78, 5) is 51.2. The van der Waals surface area contributed by atoms with Crippen LogP contribution < -0.4 is 36.7 Å². The lowest BCUT2D eigenvalue weighted by Gasteiger charge is -2.09. The lowest BCUT2D eigenvalue weighted by molar-refractivity contribution is 0.0948. The van der Waals surface area contributed by atoms with Crippen LogP contribution in [0.25, 0.3) is 100 Å². The summed E-state index contributed by atoms with van der Waals surface area (Å²) in [6, 6.07) is 75.3. The van der Waals surface area contributed by atoms with Crippen LogP contribution in [0.4, 0.5) is 17.1 Å². The minimum atomic E-state index is -3.70. The fourth-order valence-electron chi connectivity index (χ4n) is 12.0. The minimum absolute atomic E-state index is 0.0844. The van der Waals surface area contributed by atoms with Crippen LogP contribution in [-0.4, -0.2) is 111 Å². The van der Waals surface area contributed by atoms with Crippen molar-refractivity contribution in [3.05, 3.63) is 295 Å². The molecule has 0 atom stereocenters. The number of primary amides is 3. The Bertz CT molecular complexity index is 6500. The molecule has 16 rings (SSSR count). The largest absolute Gasteiger partial charge is 0.366 e. The van der Waals surface area contributed by atoms with E-state index in [0.29, 0.717) is 80.8 Å². The number of aromatic amines is 5. The number of aromatic nitrogens is 11. The molecule has 112 heavy (non-hydrogen) atoms. The van der Waals surface area contributed by atoms with Crippen molar-refractivity contribution in [2.45, 2.75) is 36.1 Å². The Morgan fingerprint density at radius 2 is 0.759 bits per heavy atom. The van der Waals surface area contributed by atoms with Crippen LogP contribution in [-0.2, 0) is 36.6 Å². The van der Waals surface area contributed by atoms with Crippen LogP contribution in [0, 0.1) is 0 Å². The Kier molecular flexibility index (Phi) is 22.6. The summed E-state index contributed by atoms with van der Waals surface area (Å²) in [5.74, 6) is -0.904. The molecular weight excluding hydrogens is 1480 g/mol. The number of fused-ring (bicyclic) bond motifs is 4. The number of nitrogens with one attached hydrogen (secondary N) is 9. The molecule has 0 fully saturated rings. The molecule has 0 saturated heterocycles. The average molecular weight is 1550 g/mol. The van der Waals surface area contributed by atoms with Crippen LogP contribution in [0.2, 0.25) is 0 Å². The van der Waals surface area contributed by atoms with E-state index in [1.165, 1.54) is 18.5 Å². The molecule has 562 valence electrons. The number of hydrogen-bond donors (Lipinski definition) is 12. The fourth-order valence-corrected chi connectivity index (χ4v) is 15.4.